The Morgan fingerprint density at radius 3 is 1.25 bits per heavy atom. The summed E-state index contributed by atoms with van der Waals surface area (Å²) in [5.74, 6) is -3.65. The Balaban J connectivity index is -0.0000000417. The Morgan fingerprint density at radius 1 is 1.12 bits per heavy atom. The molecule has 0 saturated heterocycles. The van der Waals surface area contributed by atoms with Gasteiger partial charge in [0.2, 0.25) is 0 Å². The van der Waals surface area contributed by atoms with Gasteiger partial charge in [0.05, 0.1) is 0 Å². The summed E-state index contributed by atoms with van der Waals surface area (Å²) in [5.41, 5.74) is 0. The molecule has 4 N–H and O–H groups in total. The molecule has 0 saturated carbocycles. The molecule has 0 heterocycles. The molecule has 5 nitrogen and oxygen atoms in total. The van der Waals surface area contributed by atoms with Crippen LogP contribution in [0.4, 0.5) is 0 Å². The van der Waals surface area contributed by atoms with E-state index in [4.69, 9.17) is 19.8 Å². The molecule has 0 bridgehead atoms. The van der Waals surface area contributed by atoms with E-state index in [-0.39, 0.29) is 36.5 Å². The van der Waals surface area contributed by atoms with E-state index in [2.05, 4.69) is 0 Å². The van der Waals surface area contributed by atoms with E-state index < -0.39 is 11.9 Å². The predicted octanol–water partition coefficient (Wildman–Crippen LogP) is -4.55. The maximum atomic E-state index is 9.10. The summed E-state index contributed by atoms with van der Waals surface area (Å²) in [6, 6.07) is 0. The van der Waals surface area contributed by atoms with Crippen LogP contribution in [0.15, 0.2) is 0 Å². The van der Waals surface area contributed by atoms with Crippen molar-refractivity contribution >= 4 is 11.9 Å². The molecule has 0 rings (SSSR count). The Labute approximate surface area is 68.4 Å². The molecule has 6 heteroatoms. The van der Waals surface area contributed by atoms with Crippen LogP contribution in [-0.4, -0.2) is 27.6 Å². The summed E-state index contributed by atoms with van der Waals surface area (Å²) in [5, 5.41) is 14.8. The molecule has 0 amide bonds. The molecule has 0 fully saturated rings. The number of carboxylic acids is 2. The zero-order valence-electron chi connectivity index (χ0n) is 5.21. The van der Waals surface area contributed by atoms with Crippen LogP contribution in [0.1, 0.15) is 1.43 Å². The van der Waals surface area contributed by atoms with Crippen molar-refractivity contribution in [3.8, 4) is 0 Å². The number of hydrogen-bond acceptors (Lipinski definition) is 2. The standard InChI is InChI=1S/C2H2O4.Na.H2O.H/c3-1(4)2(5)6;;;/h(H,3,4)(H,5,6);;1H2;/q;+1;;-1. The van der Waals surface area contributed by atoms with Gasteiger partial charge in [0.15, 0.2) is 0 Å². The maximum Gasteiger partial charge on any atom is 1.00 e. The van der Waals surface area contributed by atoms with E-state index in [1.54, 1.807) is 0 Å². The Morgan fingerprint density at radius 2 is 1.25 bits per heavy atom. The smallest absolute Gasteiger partial charge is 1.00 e. The largest absolute Gasteiger partial charge is 1.00 e. The second-order valence-corrected chi connectivity index (χ2v) is 0.610. The Bertz CT molecular complexity index is 81.0. The van der Waals surface area contributed by atoms with Crippen molar-refractivity contribution in [3.05, 3.63) is 0 Å². The van der Waals surface area contributed by atoms with Gasteiger partial charge in [-0.05, 0) is 0 Å². The Kier molecular flexibility index (Phi) is 13.5. The van der Waals surface area contributed by atoms with Gasteiger partial charge in [-0.2, -0.15) is 0 Å². The molecule has 0 aromatic rings. The average molecular weight is 132 g/mol. The van der Waals surface area contributed by atoms with E-state index in [1.807, 2.05) is 0 Å². The number of aliphatic carboxylic acids is 2. The van der Waals surface area contributed by atoms with Gasteiger partial charge in [-0.3, -0.25) is 0 Å². The van der Waals surface area contributed by atoms with E-state index >= 15 is 0 Å². The summed E-state index contributed by atoms with van der Waals surface area (Å²) < 4.78 is 0. The predicted molar refractivity (Wildman–Crippen MR) is 20.0 cm³/mol. The Hall–Kier alpha value is -0.100. The molecule has 0 aliphatic carbocycles. The topological polar surface area (TPSA) is 106 Å². The van der Waals surface area contributed by atoms with Gasteiger partial charge in [-0.25, -0.2) is 9.59 Å². The van der Waals surface area contributed by atoms with Crippen LogP contribution in [-0.2, 0) is 9.59 Å². The molecule has 0 aliphatic rings. The van der Waals surface area contributed by atoms with Crippen LogP contribution in [0.2, 0.25) is 0 Å². The van der Waals surface area contributed by atoms with Crippen molar-refractivity contribution in [2.75, 3.05) is 0 Å². The van der Waals surface area contributed by atoms with Crippen molar-refractivity contribution in [1.29, 1.82) is 0 Å². The van der Waals surface area contributed by atoms with E-state index in [0.717, 1.165) is 0 Å². The number of rotatable bonds is 0. The van der Waals surface area contributed by atoms with Crippen molar-refractivity contribution in [2.24, 2.45) is 0 Å². The average Bonchev–Trinajstić information content (AvgIpc) is 1.36. The molecule has 0 aliphatic heterocycles. The summed E-state index contributed by atoms with van der Waals surface area (Å²) in [6.45, 7) is 0. The van der Waals surface area contributed by atoms with Crippen molar-refractivity contribution in [2.45, 2.75) is 0 Å². The van der Waals surface area contributed by atoms with Gasteiger partial charge in [-0.15, -0.1) is 0 Å². The number of carboxylic acid groups (broad SMARTS) is 2. The van der Waals surface area contributed by atoms with Crippen LogP contribution < -0.4 is 29.6 Å². The first-order valence-corrected chi connectivity index (χ1v) is 1.11. The fourth-order valence-corrected chi connectivity index (χ4v) is 0. The monoisotopic (exact) mass is 132 g/mol. The van der Waals surface area contributed by atoms with Gasteiger partial charge in [0.25, 0.3) is 0 Å². The third-order valence-corrected chi connectivity index (χ3v) is 0.183. The van der Waals surface area contributed by atoms with E-state index in [9.17, 15) is 0 Å². The summed E-state index contributed by atoms with van der Waals surface area (Å²) >= 11 is 0. The number of carbonyl (C=O) groups is 2. The fourth-order valence-electron chi connectivity index (χ4n) is 0. The van der Waals surface area contributed by atoms with Crippen LogP contribution in [0, 0.1) is 0 Å². The SMILES string of the molecule is O.O=C(O)C(=O)O.[H-].[Na+]. The van der Waals surface area contributed by atoms with Crippen LogP contribution >= 0.6 is 0 Å². The van der Waals surface area contributed by atoms with Crippen molar-refractivity contribution < 1.29 is 56.3 Å². The second-order valence-electron chi connectivity index (χ2n) is 0.610. The van der Waals surface area contributed by atoms with Gasteiger partial charge in [-0.1, -0.05) is 0 Å². The first kappa shape index (κ1) is 15.7. The van der Waals surface area contributed by atoms with Crippen LogP contribution in [0.3, 0.4) is 0 Å². The minimum absolute atomic E-state index is 0. The molecule has 0 radical (unpaired) electrons. The molecule has 8 heavy (non-hydrogen) atoms. The van der Waals surface area contributed by atoms with Crippen molar-refractivity contribution in [1.82, 2.24) is 0 Å². The van der Waals surface area contributed by atoms with Crippen LogP contribution in [0.25, 0.3) is 0 Å². The normalized spacial score (nSPS) is 5.50. The van der Waals surface area contributed by atoms with Gasteiger partial charge < -0.3 is 17.1 Å². The molecule has 44 valence electrons. The first-order chi connectivity index (χ1) is 2.64. The second kappa shape index (κ2) is 6.90. The van der Waals surface area contributed by atoms with Crippen molar-refractivity contribution in [3.63, 3.8) is 0 Å². The summed E-state index contributed by atoms with van der Waals surface area (Å²) in [7, 11) is 0. The molecule has 0 spiro atoms. The third-order valence-electron chi connectivity index (χ3n) is 0.183. The van der Waals surface area contributed by atoms with Crippen LogP contribution in [0.5, 0.6) is 0 Å². The minimum Gasteiger partial charge on any atom is -1.00 e. The first-order valence-electron chi connectivity index (χ1n) is 1.11. The molecule has 0 unspecified atom stereocenters. The van der Waals surface area contributed by atoms with Gasteiger partial charge >= 0.3 is 41.5 Å². The van der Waals surface area contributed by atoms with E-state index in [0.29, 0.717) is 0 Å². The molecule has 0 aromatic heterocycles. The molecular weight excluding hydrogens is 127 g/mol. The van der Waals surface area contributed by atoms with Gasteiger partial charge in [0, 0.05) is 0 Å². The molecule has 0 atom stereocenters. The number of hydrogen-bond donors (Lipinski definition) is 2. The quantitative estimate of drug-likeness (QED) is 0.255. The molecule has 0 aromatic carbocycles. The maximum absolute atomic E-state index is 9.10. The summed E-state index contributed by atoms with van der Waals surface area (Å²) in [4.78, 5) is 18.2. The minimum atomic E-state index is -1.82. The van der Waals surface area contributed by atoms with E-state index in [1.165, 1.54) is 0 Å². The fraction of sp³-hybridized carbons (Fsp3) is 0. The molecular formula is C2H5NaO5. The third kappa shape index (κ3) is 9.31. The van der Waals surface area contributed by atoms with Gasteiger partial charge in [0.1, 0.15) is 0 Å². The zero-order valence-corrected chi connectivity index (χ0v) is 6.21. The zero-order chi connectivity index (χ0) is 5.15. The summed E-state index contributed by atoms with van der Waals surface area (Å²) in [6.07, 6.45) is 0.